The molecule has 1 saturated heterocycles. The molecule has 12 heteroatoms. The van der Waals surface area contributed by atoms with Crippen molar-refractivity contribution in [1.29, 1.82) is 0 Å². The van der Waals surface area contributed by atoms with Crippen molar-refractivity contribution in [3.05, 3.63) is 54.4 Å². The van der Waals surface area contributed by atoms with Crippen molar-refractivity contribution in [2.75, 3.05) is 37.7 Å². The lowest BCUT2D eigenvalue weighted by atomic mass is 10.1. The standard InChI is InChI=1S/C24H23N7O3S2/c32-36(33)27-7-4-15-2-1-3-17(12-15)23-28-19-22(31-8-10-34-11-9-31)29-21(30-24(19)35-23)18-13-16-5-6-25-20(16)26-14-18/h1-3,5-6,12-14,27H,4,7-11H2,(H,25,26)(H,32,33). The number of nitrogens with zero attached hydrogens (tertiary/aromatic N) is 5. The molecule has 3 N–H and O–H groups in total. The first-order valence-electron chi connectivity index (χ1n) is 11.5. The molecule has 184 valence electrons. The van der Waals surface area contributed by atoms with Crippen LogP contribution in [0.3, 0.4) is 0 Å². The van der Waals surface area contributed by atoms with Gasteiger partial charge in [0.05, 0.1) is 13.2 Å². The molecule has 1 aliphatic heterocycles. The van der Waals surface area contributed by atoms with Gasteiger partial charge in [-0.3, -0.25) is 4.55 Å². The van der Waals surface area contributed by atoms with E-state index in [1.165, 1.54) is 11.3 Å². The Bertz CT molecular complexity index is 1560. The number of nitrogens with one attached hydrogen (secondary N) is 2. The van der Waals surface area contributed by atoms with Gasteiger partial charge in [0, 0.05) is 48.5 Å². The number of pyridine rings is 1. The van der Waals surface area contributed by atoms with E-state index in [0.717, 1.165) is 62.0 Å². The molecule has 0 bridgehead atoms. The van der Waals surface area contributed by atoms with Crippen LogP contribution in [0.15, 0.2) is 48.8 Å². The lowest BCUT2D eigenvalue weighted by Gasteiger charge is -2.28. The van der Waals surface area contributed by atoms with Crippen LogP contribution in [0.2, 0.25) is 0 Å². The highest BCUT2D eigenvalue weighted by Gasteiger charge is 2.22. The summed E-state index contributed by atoms with van der Waals surface area (Å²) in [4.78, 5) is 25.5. The van der Waals surface area contributed by atoms with E-state index in [0.29, 0.717) is 32.0 Å². The van der Waals surface area contributed by atoms with Gasteiger partial charge in [0.25, 0.3) is 0 Å². The summed E-state index contributed by atoms with van der Waals surface area (Å²) >= 11 is -0.486. The smallest absolute Gasteiger partial charge is 0.231 e. The highest BCUT2D eigenvalue weighted by Crippen LogP contribution is 2.35. The second kappa shape index (κ2) is 9.99. The number of hydrogen-bond acceptors (Lipinski definition) is 8. The van der Waals surface area contributed by atoms with Crippen LogP contribution in [0.5, 0.6) is 0 Å². The highest BCUT2D eigenvalue weighted by molar-refractivity contribution is 7.77. The molecule has 1 fully saturated rings. The summed E-state index contributed by atoms with van der Waals surface area (Å²) in [7, 11) is 0. The van der Waals surface area contributed by atoms with Gasteiger partial charge in [-0.05, 0) is 30.2 Å². The van der Waals surface area contributed by atoms with E-state index in [2.05, 4.69) is 25.7 Å². The summed E-state index contributed by atoms with van der Waals surface area (Å²) in [6, 6.07) is 12.1. The number of aromatic amines is 1. The number of thiazole rings is 1. The molecule has 4 aromatic heterocycles. The molecule has 0 amide bonds. The number of H-pyrrole nitrogens is 1. The maximum Gasteiger partial charge on any atom is 0.231 e. The highest BCUT2D eigenvalue weighted by atomic mass is 32.2. The normalized spacial score (nSPS) is 15.1. The Hall–Kier alpha value is -3.29. The maximum atomic E-state index is 10.9. The fourth-order valence-electron chi connectivity index (χ4n) is 4.26. The quantitative estimate of drug-likeness (QED) is 0.278. The van der Waals surface area contributed by atoms with Gasteiger partial charge < -0.3 is 14.6 Å². The number of aromatic nitrogens is 5. The van der Waals surface area contributed by atoms with Crippen LogP contribution in [-0.4, -0.2) is 66.5 Å². The summed E-state index contributed by atoms with van der Waals surface area (Å²) in [5, 5.41) is 1.86. The monoisotopic (exact) mass is 521 g/mol. The molecule has 5 aromatic rings. The van der Waals surface area contributed by atoms with Gasteiger partial charge in [-0.2, -0.15) is 0 Å². The zero-order valence-corrected chi connectivity index (χ0v) is 20.8. The van der Waals surface area contributed by atoms with Crippen LogP contribution in [0, 0.1) is 0 Å². The molecule has 0 aliphatic carbocycles. The number of benzene rings is 1. The van der Waals surface area contributed by atoms with E-state index in [9.17, 15) is 4.21 Å². The molecule has 5 heterocycles. The van der Waals surface area contributed by atoms with E-state index in [1.54, 1.807) is 6.20 Å². The lowest BCUT2D eigenvalue weighted by molar-refractivity contribution is 0.122. The Morgan fingerprint density at radius 1 is 1.14 bits per heavy atom. The summed E-state index contributed by atoms with van der Waals surface area (Å²) in [5.74, 6) is 1.42. The molecule has 0 radical (unpaired) electrons. The van der Waals surface area contributed by atoms with Gasteiger partial charge >= 0.3 is 0 Å². The minimum atomic E-state index is -2.02. The molecule has 1 unspecified atom stereocenters. The minimum Gasteiger partial charge on any atom is -0.378 e. The van der Waals surface area contributed by atoms with Crippen molar-refractivity contribution in [2.24, 2.45) is 0 Å². The zero-order valence-electron chi connectivity index (χ0n) is 19.2. The van der Waals surface area contributed by atoms with Gasteiger partial charge in [0.2, 0.25) is 11.3 Å². The number of fused-ring (bicyclic) bond motifs is 2. The third kappa shape index (κ3) is 4.73. The van der Waals surface area contributed by atoms with E-state index in [-0.39, 0.29) is 0 Å². The van der Waals surface area contributed by atoms with Crippen LogP contribution in [-0.2, 0) is 22.4 Å². The summed E-state index contributed by atoms with van der Waals surface area (Å²) in [6.07, 6.45) is 4.29. The van der Waals surface area contributed by atoms with Gasteiger partial charge in [-0.15, -0.1) is 0 Å². The Morgan fingerprint density at radius 3 is 2.89 bits per heavy atom. The van der Waals surface area contributed by atoms with E-state index in [1.807, 2.05) is 36.5 Å². The Morgan fingerprint density at radius 2 is 2.03 bits per heavy atom. The third-order valence-corrected chi connectivity index (χ3v) is 7.47. The summed E-state index contributed by atoms with van der Waals surface area (Å²) in [6.45, 7) is 3.17. The van der Waals surface area contributed by atoms with Crippen molar-refractivity contribution in [1.82, 2.24) is 29.6 Å². The van der Waals surface area contributed by atoms with Gasteiger partial charge in [0.15, 0.2) is 11.6 Å². The van der Waals surface area contributed by atoms with Gasteiger partial charge in [-0.1, -0.05) is 29.5 Å². The number of anilines is 1. The summed E-state index contributed by atoms with van der Waals surface area (Å²) in [5.41, 5.74) is 4.48. The zero-order chi connectivity index (χ0) is 24.5. The van der Waals surface area contributed by atoms with E-state index in [4.69, 9.17) is 24.2 Å². The predicted molar refractivity (Wildman–Crippen MR) is 141 cm³/mol. The van der Waals surface area contributed by atoms with Crippen LogP contribution in [0.25, 0.3) is 43.3 Å². The molecule has 6 rings (SSSR count). The molecule has 0 spiro atoms. The van der Waals surface area contributed by atoms with Crippen molar-refractivity contribution >= 4 is 49.8 Å². The molecular formula is C24H23N7O3S2. The number of hydrogen-bond donors (Lipinski definition) is 3. The maximum absolute atomic E-state index is 10.9. The van der Waals surface area contributed by atoms with Gasteiger partial charge in [-0.25, -0.2) is 28.9 Å². The average Bonchev–Trinajstić information content (AvgIpc) is 3.55. The average molecular weight is 522 g/mol. The predicted octanol–water partition coefficient (Wildman–Crippen LogP) is 3.40. The third-order valence-electron chi connectivity index (χ3n) is 6.02. The molecule has 1 aliphatic rings. The largest absolute Gasteiger partial charge is 0.378 e. The number of ether oxygens (including phenoxy) is 1. The molecule has 1 aromatic carbocycles. The molecular weight excluding hydrogens is 498 g/mol. The van der Waals surface area contributed by atoms with Crippen LogP contribution >= 0.6 is 11.3 Å². The summed E-state index contributed by atoms with van der Waals surface area (Å²) < 4.78 is 27.9. The topological polar surface area (TPSA) is 129 Å². The first-order chi connectivity index (χ1) is 17.6. The van der Waals surface area contributed by atoms with E-state index < -0.39 is 11.3 Å². The second-order valence-corrected chi connectivity index (χ2v) is 10.1. The lowest BCUT2D eigenvalue weighted by Crippen LogP contribution is -2.37. The van der Waals surface area contributed by atoms with Crippen molar-refractivity contribution in [3.8, 4) is 22.0 Å². The fourth-order valence-corrected chi connectivity index (χ4v) is 5.47. The first kappa shape index (κ1) is 23.1. The molecule has 10 nitrogen and oxygen atoms in total. The SMILES string of the molecule is O=S(O)NCCc1cccc(-c2nc3c(N4CCOCC4)nc(-c4cnc5[nH]ccc5c4)nc3s2)c1. The fraction of sp³-hybridized carbons (Fsp3) is 0.250. The molecule has 36 heavy (non-hydrogen) atoms. The van der Waals surface area contributed by atoms with Crippen LogP contribution in [0.4, 0.5) is 5.82 Å². The van der Waals surface area contributed by atoms with Crippen molar-refractivity contribution < 1.29 is 13.5 Å². The van der Waals surface area contributed by atoms with Crippen LogP contribution < -0.4 is 9.62 Å². The Labute approximate surface area is 213 Å². The van der Waals surface area contributed by atoms with Crippen molar-refractivity contribution in [2.45, 2.75) is 6.42 Å². The van der Waals surface area contributed by atoms with Crippen molar-refractivity contribution in [3.63, 3.8) is 0 Å². The van der Waals surface area contributed by atoms with Crippen LogP contribution in [0.1, 0.15) is 5.56 Å². The Balaban J connectivity index is 1.42. The van der Waals surface area contributed by atoms with Gasteiger partial charge in [0.1, 0.15) is 21.0 Å². The first-order valence-corrected chi connectivity index (χ1v) is 13.4. The number of morpholine rings is 1. The number of rotatable bonds is 7. The molecule has 1 atom stereocenters. The molecule has 0 saturated carbocycles. The minimum absolute atomic E-state index is 0.405. The second-order valence-electron chi connectivity index (χ2n) is 8.38. The van der Waals surface area contributed by atoms with E-state index >= 15 is 0 Å². The Kier molecular flexibility index (Phi) is 6.42.